The predicted octanol–water partition coefficient (Wildman–Crippen LogP) is 1.82. The molecule has 1 aromatic heterocycles. The van der Waals surface area contributed by atoms with Crippen LogP contribution in [0.25, 0.3) is 0 Å². The van der Waals surface area contributed by atoms with Gasteiger partial charge >= 0.3 is 6.18 Å². The fourth-order valence-corrected chi connectivity index (χ4v) is 1.16. The van der Waals surface area contributed by atoms with Gasteiger partial charge in [-0.1, -0.05) is 6.92 Å². The Morgan fingerprint density at radius 2 is 2.25 bits per heavy atom. The third-order valence-electron chi connectivity index (χ3n) is 1.90. The van der Waals surface area contributed by atoms with Crippen LogP contribution < -0.4 is 5.73 Å². The van der Waals surface area contributed by atoms with Crippen molar-refractivity contribution in [2.24, 2.45) is 0 Å². The van der Waals surface area contributed by atoms with E-state index in [1.54, 1.807) is 6.92 Å². The third kappa shape index (κ3) is 3.73. The Morgan fingerprint density at radius 1 is 1.56 bits per heavy atom. The van der Waals surface area contributed by atoms with E-state index in [0.717, 1.165) is 4.68 Å². The van der Waals surface area contributed by atoms with Gasteiger partial charge in [0.15, 0.2) is 6.10 Å². The summed E-state index contributed by atoms with van der Waals surface area (Å²) in [6.45, 7) is 1.45. The van der Waals surface area contributed by atoms with E-state index in [-0.39, 0.29) is 19.0 Å². The lowest BCUT2D eigenvalue weighted by Crippen LogP contribution is -2.36. The van der Waals surface area contributed by atoms with E-state index in [4.69, 9.17) is 10.5 Å². The van der Waals surface area contributed by atoms with Crippen LogP contribution in [-0.4, -0.2) is 28.7 Å². The molecule has 0 bridgehead atoms. The molecule has 1 unspecified atom stereocenters. The summed E-state index contributed by atoms with van der Waals surface area (Å²) < 4.78 is 43.5. The summed E-state index contributed by atoms with van der Waals surface area (Å²) in [4.78, 5) is 0. The van der Waals surface area contributed by atoms with E-state index in [1.165, 1.54) is 12.3 Å². The van der Waals surface area contributed by atoms with Gasteiger partial charge in [-0.3, -0.25) is 4.68 Å². The van der Waals surface area contributed by atoms with Crippen LogP contribution in [0.3, 0.4) is 0 Å². The molecule has 0 amide bonds. The molecule has 4 nitrogen and oxygen atoms in total. The van der Waals surface area contributed by atoms with Crippen molar-refractivity contribution in [3.05, 3.63) is 12.3 Å². The van der Waals surface area contributed by atoms with Gasteiger partial charge in [-0.05, 0) is 12.5 Å². The second-order valence-corrected chi connectivity index (χ2v) is 3.36. The van der Waals surface area contributed by atoms with Crippen LogP contribution in [0.5, 0.6) is 0 Å². The van der Waals surface area contributed by atoms with Crippen molar-refractivity contribution in [1.82, 2.24) is 9.78 Å². The Hall–Kier alpha value is -1.24. The smallest absolute Gasteiger partial charge is 0.382 e. The summed E-state index contributed by atoms with van der Waals surface area (Å²) in [7, 11) is 0. The number of alkyl halides is 3. The fourth-order valence-electron chi connectivity index (χ4n) is 1.16. The maximum atomic E-state index is 12.5. The second kappa shape index (κ2) is 5.20. The summed E-state index contributed by atoms with van der Waals surface area (Å²) in [5, 5.41) is 3.69. The Kier molecular flexibility index (Phi) is 4.17. The zero-order valence-electron chi connectivity index (χ0n) is 8.87. The topological polar surface area (TPSA) is 53.1 Å². The lowest BCUT2D eigenvalue weighted by Gasteiger charge is -2.20. The van der Waals surface area contributed by atoms with Crippen molar-refractivity contribution < 1.29 is 17.9 Å². The molecule has 0 aliphatic rings. The molecule has 0 saturated carbocycles. The second-order valence-electron chi connectivity index (χ2n) is 3.36. The largest absolute Gasteiger partial charge is 0.416 e. The van der Waals surface area contributed by atoms with E-state index >= 15 is 0 Å². The minimum Gasteiger partial charge on any atom is -0.382 e. The first-order valence-corrected chi connectivity index (χ1v) is 4.90. The molecule has 1 rings (SSSR count). The minimum atomic E-state index is -4.39. The molecule has 7 heteroatoms. The van der Waals surface area contributed by atoms with E-state index in [2.05, 4.69) is 5.10 Å². The van der Waals surface area contributed by atoms with Gasteiger partial charge in [0.2, 0.25) is 0 Å². The van der Waals surface area contributed by atoms with Gasteiger partial charge in [-0.2, -0.15) is 18.3 Å². The van der Waals surface area contributed by atoms with Gasteiger partial charge in [0.25, 0.3) is 0 Å². The first-order valence-electron chi connectivity index (χ1n) is 4.90. The first kappa shape index (κ1) is 12.8. The summed E-state index contributed by atoms with van der Waals surface area (Å²) >= 11 is 0. The SMILES string of the molecule is CCCOC(Cn1ccc(N)n1)C(F)(F)F. The molecule has 1 atom stereocenters. The molecule has 0 saturated heterocycles. The monoisotopic (exact) mass is 237 g/mol. The van der Waals surface area contributed by atoms with Gasteiger partial charge in [0.05, 0.1) is 6.54 Å². The lowest BCUT2D eigenvalue weighted by molar-refractivity contribution is -0.224. The molecule has 0 spiro atoms. The normalized spacial score (nSPS) is 14.0. The zero-order valence-corrected chi connectivity index (χ0v) is 8.87. The molecular weight excluding hydrogens is 223 g/mol. The van der Waals surface area contributed by atoms with Crippen LogP contribution in [0.2, 0.25) is 0 Å². The van der Waals surface area contributed by atoms with Crippen LogP contribution in [0.15, 0.2) is 12.3 Å². The molecular formula is C9H14F3N3O. The molecule has 0 aliphatic heterocycles. The fraction of sp³-hybridized carbons (Fsp3) is 0.667. The van der Waals surface area contributed by atoms with Crippen LogP contribution in [0, 0.1) is 0 Å². The summed E-state index contributed by atoms with van der Waals surface area (Å²) in [5.74, 6) is 0.191. The van der Waals surface area contributed by atoms with Gasteiger partial charge in [0, 0.05) is 12.8 Å². The number of nitrogens with two attached hydrogens (primary N) is 1. The predicted molar refractivity (Wildman–Crippen MR) is 52.7 cm³/mol. The molecule has 2 N–H and O–H groups in total. The maximum Gasteiger partial charge on any atom is 0.416 e. The molecule has 92 valence electrons. The number of rotatable bonds is 5. The van der Waals surface area contributed by atoms with Gasteiger partial charge in [-0.25, -0.2) is 0 Å². The number of ether oxygens (including phenoxy) is 1. The zero-order chi connectivity index (χ0) is 12.2. The summed E-state index contributed by atoms with van der Waals surface area (Å²) in [6, 6.07) is 1.44. The minimum absolute atomic E-state index is 0.0704. The van der Waals surface area contributed by atoms with Crippen LogP contribution in [0.4, 0.5) is 19.0 Å². The molecule has 1 aromatic rings. The standard InChI is InChI=1S/C9H14F3N3O/c1-2-5-16-7(9(10,11)12)6-15-4-3-8(13)14-15/h3-4,7H,2,5-6H2,1H3,(H2,13,14). The summed E-state index contributed by atoms with van der Waals surface area (Å²) in [5.41, 5.74) is 5.31. The van der Waals surface area contributed by atoms with Crippen molar-refractivity contribution in [3.63, 3.8) is 0 Å². The highest BCUT2D eigenvalue weighted by atomic mass is 19.4. The molecule has 0 aliphatic carbocycles. The highest BCUT2D eigenvalue weighted by Gasteiger charge is 2.40. The van der Waals surface area contributed by atoms with Crippen LogP contribution in [-0.2, 0) is 11.3 Å². The average molecular weight is 237 g/mol. The lowest BCUT2D eigenvalue weighted by atomic mass is 10.3. The number of aromatic nitrogens is 2. The number of anilines is 1. The van der Waals surface area contributed by atoms with E-state index in [0.29, 0.717) is 6.42 Å². The molecule has 0 radical (unpaired) electrons. The number of hydrogen-bond donors (Lipinski definition) is 1. The molecule has 16 heavy (non-hydrogen) atoms. The number of nitrogen functional groups attached to an aromatic ring is 1. The first-order chi connectivity index (χ1) is 7.43. The van der Waals surface area contributed by atoms with Crippen molar-refractivity contribution in [2.45, 2.75) is 32.2 Å². The highest BCUT2D eigenvalue weighted by molar-refractivity contribution is 5.23. The van der Waals surface area contributed by atoms with Gasteiger partial charge < -0.3 is 10.5 Å². The van der Waals surface area contributed by atoms with Crippen molar-refractivity contribution in [1.29, 1.82) is 0 Å². The number of hydrogen-bond acceptors (Lipinski definition) is 3. The molecule has 1 heterocycles. The van der Waals surface area contributed by atoms with Crippen molar-refractivity contribution in [3.8, 4) is 0 Å². The van der Waals surface area contributed by atoms with Crippen LogP contribution >= 0.6 is 0 Å². The van der Waals surface area contributed by atoms with E-state index < -0.39 is 12.3 Å². The van der Waals surface area contributed by atoms with Gasteiger partial charge in [0.1, 0.15) is 5.82 Å². The van der Waals surface area contributed by atoms with Crippen LogP contribution in [0.1, 0.15) is 13.3 Å². The Balaban J connectivity index is 2.63. The number of halogens is 3. The van der Waals surface area contributed by atoms with E-state index in [1.807, 2.05) is 0 Å². The highest BCUT2D eigenvalue weighted by Crippen LogP contribution is 2.24. The maximum absolute atomic E-state index is 12.5. The Bertz CT molecular complexity index is 324. The van der Waals surface area contributed by atoms with E-state index in [9.17, 15) is 13.2 Å². The molecule has 0 fully saturated rings. The average Bonchev–Trinajstić information content (AvgIpc) is 2.57. The van der Waals surface area contributed by atoms with Crippen molar-refractivity contribution >= 4 is 5.82 Å². The number of nitrogens with zero attached hydrogens (tertiary/aromatic N) is 2. The molecule has 0 aromatic carbocycles. The van der Waals surface area contributed by atoms with Crippen molar-refractivity contribution in [2.75, 3.05) is 12.3 Å². The third-order valence-corrected chi connectivity index (χ3v) is 1.90. The summed E-state index contributed by atoms with van der Waals surface area (Å²) in [6.07, 6.45) is -4.31. The quantitative estimate of drug-likeness (QED) is 0.849. The Labute approximate surface area is 91.2 Å². The Morgan fingerprint density at radius 3 is 2.69 bits per heavy atom. The van der Waals surface area contributed by atoms with Gasteiger partial charge in [-0.15, -0.1) is 0 Å².